The molecule has 47 heavy (non-hydrogen) atoms. The van der Waals surface area contributed by atoms with Crippen molar-refractivity contribution < 1.29 is 26.9 Å². The lowest BCUT2D eigenvalue weighted by molar-refractivity contribution is 0.0601. The van der Waals surface area contributed by atoms with Crippen molar-refractivity contribution in [3.05, 3.63) is 138 Å². The Morgan fingerprint density at radius 2 is 1.38 bits per heavy atom. The van der Waals surface area contributed by atoms with E-state index in [1.807, 2.05) is 86.5 Å². The zero-order valence-corrected chi connectivity index (χ0v) is 28.0. The number of rotatable bonds is 12. The largest absolute Gasteiger partial charge is 0.465 e. The molecule has 5 aromatic carbocycles. The minimum absolute atomic E-state index is 0.0195. The zero-order valence-electron chi connectivity index (χ0n) is 26.4. The second kappa shape index (κ2) is 14.5. The van der Waals surface area contributed by atoms with E-state index in [-0.39, 0.29) is 21.9 Å². The normalized spacial score (nSPS) is 11.7. The summed E-state index contributed by atoms with van der Waals surface area (Å²) in [5, 5.41) is 0. The smallest absolute Gasteiger partial charge is 0.340 e. The summed E-state index contributed by atoms with van der Waals surface area (Å²) >= 11 is 0. The van der Waals surface area contributed by atoms with Crippen molar-refractivity contribution in [1.82, 2.24) is 0 Å². The summed E-state index contributed by atoms with van der Waals surface area (Å²) in [6.45, 7) is 4.40. The average Bonchev–Trinajstić information content (AvgIpc) is 3.06. The quantitative estimate of drug-likeness (QED) is 0.133. The van der Waals surface area contributed by atoms with Gasteiger partial charge >= 0.3 is 5.97 Å². The van der Waals surface area contributed by atoms with Crippen molar-refractivity contribution in [3.63, 3.8) is 0 Å². The SMILES string of the molecule is COC(=O)c1cc(Oc2ccc(NS(=O)c3ccc(C)cc3)c(N(C)Cc3ccccc3)c2)ccc1NS(=O)(=O)c1ccc(C)cc1. The Morgan fingerprint density at radius 1 is 0.787 bits per heavy atom. The lowest BCUT2D eigenvalue weighted by Gasteiger charge is -2.24. The minimum Gasteiger partial charge on any atom is -0.465 e. The van der Waals surface area contributed by atoms with Crippen LogP contribution in [0.1, 0.15) is 27.0 Å². The van der Waals surface area contributed by atoms with E-state index in [9.17, 15) is 17.4 Å². The molecule has 5 rings (SSSR count). The van der Waals surface area contributed by atoms with Crippen LogP contribution in [0.4, 0.5) is 17.1 Å². The third kappa shape index (κ3) is 8.37. The third-order valence-electron chi connectivity index (χ3n) is 7.29. The maximum absolute atomic E-state index is 13.3. The van der Waals surface area contributed by atoms with Gasteiger partial charge in [-0.2, -0.15) is 0 Å². The molecule has 0 aliphatic rings. The number of carbonyl (C=O) groups is 1. The highest BCUT2D eigenvalue weighted by atomic mass is 32.2. The predicted molar refractivity (Wildman–Crippen MR) is 186 cm³/mol. The first-order valence-corrected chi connectivity index (χ1v) is 17.3. The third-order valence-corrected chi connectivity index (χ3v) is 9.78. The van der Waals surface area contributed by atoms with E-state index in [1.54, 1.807) is 30.3 Å². The monoisotopic (exact) mass is 669 g/mol. The average molecular weight is 670 g/mol. The van der Waals surface area contributed by atoms with Gasteiger partial charge in [0.1, 0.15) is 22.5 Å². The molecule has 0 saturated heterocycles. The second-order valence-corrected chi connectivity index (χ2v) is 13.8. The summed E-state index contributed by atoms with van der Waals surface area (Å²) in [5.74, 6) is -0.0156. The molecule has 0 aliphatic carbocycles. The molecule has 5 aromatic rings. The van der Waals surface area contributed by atoms with Gasteiger partial charge in [-0.25, -0.2) is 17.4 Å². The van der Waals surface area contributed by atoms with Gasteiger partial charge in [-0.3, -0.25) is 9.44 Å². The van der Waals surface area contributed by atoms with E-state index >= 15 is 0 Å². The van der Waals surface area contributed by atoms with Crippen molar-refractivity contribution in [2.24, 2.45) is 0 Å². The van der Waals surface area contributed by atoms with Crippen LogP contribution in [0.3, 0.4) is 0 Å². The van der Waals surface area contributed by atoms with Gasteiger partial charge in [0.15, 0.2) is 0 Å². The number of carbonyl (C=O) groups excluding carboxylic acids is 1. The van der Waals surface area contributed by atoms with Crippen molar-refractivity contribution in [2.75, 3.05) is 28.5 Å². The molecule has 1 unspecified atom stereocenters. The first-order chi connectivity index (χ1) is 22.5. The van der Waals surface area contributed by atoms with Crippen molar-refractivity contribution >= 4 is 44.0 Å². The van der Waals surface area contributed by atoms with Crippen molar-refractivity contribution in [3.8, 4) is 11.5 Å². The molecule has 9 nitrogen and oxygen atoms in total. The van der Waals surface area contributed by atoms with Gasteiger partial charge in [0, 0.05) is 19.7 Å². The molecule has 0 radical (unpaired) electrons. The lowest BCUT2D eigenvalue weighted by atomic mass is 10.1. The van der Waals surface area contributed by atoms with E-state index in [2.05, 4.69) is 9.44 Å². The summed E-state index contributed by atoms with van der Waals surface area (Å²) in [6.07, 6.45) is 0. The summed E-state index contributed by atoms with van der Waals surface area (Å²) in [5.41, 5.74) is 4.45. The van der Waals surface area contributed by atoms with E-state index in [0.717, 1.165) is 22.4 Å². The van der Waals surface area contributed by atoms with Crippen LogP contribution in [0.15, 0.2) is 125 Å². The molecule has 2 N–H and O–H groups in total. The number of sulfonamides is 1. The van der Waals surface area contributed by atoms with Crippen molar-refractivity contribution in [2.45, 2.75) is 30.2 Å². The maximum Gasteiger partial charge on any atom is 0.340 e. The molecule has 0 bridgehead atoms. The molecule has 11 heteroatoms. The summed E-state index contributed by atoms with van der Waals surface area (Å²) in [4.78, 5) is 15.5. The van der Waals surface area contributed by atoms with E-state index in [0.29, 0.717) is 22.9 Å². The van der Waals surface area contributed by atoms with Crippen LogP contribution in [0.25, 0.3) is 0 Å². The molecule has 0 fully saturated rings. The molecular formula is C36H35N3O6S2. The summed E-state index contributed by atoms with van der Waals surface area (Å²) in [6, 6.07) is 33.5. The Balaban J connectivity index is 1.44. The molecule has 0 aliphatic heterocycles. The van der Waals surface area contributed by atoms with Gasteiger partial charge in [0.2, 0.25) is 0 Å². The minimum atomic E-state index is -3.98. The van der Waals surface area contributed by atoms with Crippen LogP contribution in [0.2, 0.25) is 0 Å². The fourth-order valence-electron chi connectivity index (χ4n) is 4.75. The van der Waals surface area contributed by atoms with Crippen molar-refractivity contribution in [1.29, 1.82) is 0 Å². The molecular weight excluding hydrogens is 635 g/mol. The number of hydrogen-bond donors (Lipinski definition) is 2. The highest BCUT2D eigenvalue weighted by Gasteiger charge is 2.21. The Bertz CT molecular complexity index is 2000. The topological polar surface area (TPSA) is 114 Å². The fraction of sp³-hybridized carbons (Fsp3) is 0.139. The molecule has 0 amide bonds. The Hall–Kier alpha value is -5.13. The number of methoxy groups -OCH3 is 1. The van der Waals surface area contributed by atoms with Gasteiger partial charge in [0.25, 0.3) is 10.0 Å². The predicted octanol–water partition coefficient (Wildman–Crippen LogP) is 7.45. The number of benzene rings is 5. The Kier molecular flexibility index (Phi) is 10.3. The molecule has 0 spiro atoms. The maximum atomic E-state index is 13.3. The van der Waals surface area contributed by atoms with Gasteiger partial charge in [-0.15, -0.1) is 0 Å². The Morgan fingerprint density at radius 3 is 2.02 bits per heavy atom. The highest BCUT2D eigenvalue weighted by molar-refractivity contribution is 7.92. The number of anilines is 3. The molecule has 0 aromatic heterocycles. The standard InChI is InChI=1S/C36H35N3O6S2/c1-25-10-16-30(17-11-25)46(41)37-34-21-15-29(23-35(34)39(3)24-27-8-6-5-7-9-27)45-28-14-20-33(32(22-28)36(40)44-4)38-47(42,43)31-18-12-26(2)13-19-31/h5-23,37-38H,24H2,1-4H3. The molecule has 1 atom stereocenters. The Labute approximate surface area is 277 Å². The van der Waals surface area contributed by atoms with Crippen LogP contribution in [0, 0.1) is 13.8 Å². The number of nitrogens with one attached hydrogen (secondary N) is 2. The lowest BCUT2D eigenvalue weighted by Crippen LogP contribution is -2.19. The van der Waals surface area contributed by atoms with E-state index in [4.69, 9.17) is 9.47 Å². The first kappa shape index (κ1) is 33.2. The first-order valence-electron chi connectivity index (χ1n) is 14.7. The van der Waals surface area contributed by atoms with Crippen LogP contribution >= 0.6 is 0 Å². The zero-order chi connectivity index (χ0) is 33.6. The number of nitrogens with zero attached hydrogens (tertiary/aromatic N) is 1. The molecule has 0 heterocycles. The fourth-order valence-corrected chi connectivity index (χ4v) is 6.71. The summed E-state index contributed by atoms with van der Waals surface area (Å²) < 4.78 is 56.1. The number of hydrogen-bond acceptors (Lipinski definition) is 7. The number of aryl methyl sites for hydroxylation is 2. The highest BCUT2D eigenvalue weighted by Crippen LogP contribution is 2.35. The summed E-state index contributed by atoms with van der Waals surface area (Å²) in [7, 11) is -2.36. The van der Waals surface area contributed by atoms with E-state index in [1.165, 1.54) is 31.4 Å². The van der Waals surface area contributed by atoms with Gasteiger partial charge in [-0.1, -0.05) is 65.7 Å². The number of ether oxygens (including phenoxy) is 2. The van der Waals surface area contributed by atoms with Crippen LogP contribution < -0.4 is 19.1 Å². The molecule has 242 valence electrons. The van der Waals surface area contributed by atoms with Gasteiger partial charge < -0.3 is 14.4 Å². The molecule has 0 saturated carbocycles. The van der Waals surface area contributed by atoms with E-state index < -0.39 is 27.0 Å². The van der Waals surface area contributed by atoms with Gasteiger partial charge in [0.05, 0.1) is 39.5 Å². The second-order valence-electron chi connectivity index (χ2n) is 10.9. The van der Waals surface area contributed by atoms with Gasteiger partial charge in [-0.05, 0) is 74.0 Å². The van der Waals surface area contributed by atoms with Crippen LogP contribution in [-0.2, 0) is 32.3 Å². The van der Waals surface area contributed by atoms with Crippen LogP contribution in [0.5, 0.6) is 11.5 Å². The number of esters is 1. The van der Waals surface area contributed by atoms with Crippen LogP contribution in [-0.4, -0.2) is 32.8 Å².